The Labute approximate surface area is 606 Å². The van der Waals surface area contributed by atoms with Crippen molar-refractivity contribution in [1.29, 1.82) is 0 Å². The van der Waals surface area contributed by atoms with E-state index in [0.29, 0.717) is 59.2 Å². The fourth-order valence-corrected chi connectivity index (χ4v) is 26.1. The Hall–Kier alpha value is -6.01. The predicted octanol–water partition coefficient (Wildman–Crippen LogP) is 17.3. The van der Waals surface area contributed by atoms with Crippen LogP contribution in [0.25, 0.3) is 10.8 Å². The van der Waals surface area contributed by atoms with Gasteiger partial charge in [0.1, 0.15) is 11.9 Å². The standard InChI is InChI=1S/C85H98N2O9S4/c1-3-54-22-23-55-18-11-20-67-76(48-88)100-99-49-62-41-77(92)85(71-51-98-97-50-63-46-83(30-9-10-31-83)33-28-74(63)96-75-40-60(71)25-26-72(75)90,82(94)79(62)80(93)61(37-53-29-35-86-47-53)39-58-24-27-73(91)81(95-2)69(58)45-68(54)78(55)67)65-42-64(43-66(89)44-65)84-32-12-19-59(70(84)21-13-34-87-84)38-57-17-8-7-16-56(57)36-52-14-5-4-6-15-52/h4-8,11,14-18,20,22-27,29,35,40,42-44,47,59,61-63,70-71,74,76-77,79-80,86-93H,3,9-10,12-13,19,21,28,30-34,36-39,41,45-46,48-51H2,1-2H3/t59-,61-,62+,63-,70-,71-,74+,76+,77-,79-,80+,84-,85+/m1/s1. The number of hydrogen-bond donors (Lipinski definition) is 8. The number of phenolic OH excluding ortho intramolecular Hbond substituents is 3. The number of rotatable bonds is 12. The van der Waals surface area contributed by atoms with Crippen LogP contribution in [0.1, 0.15) is 168 Å². The molecule has 1 saturated heterocycles. The van der Waals surface area contributed by atoms with E-state index in [1.165, 1.54) is 42.4 Å². The third kappa shape index (κ3) is 13.3. The van der Waals surface area contributed by atoms with Crippen LogP contribution in [0.3, 0.4) is 0 Å². The van der Waals surface area contributed by atoms with Crippen LogP contribution in [-0.4, -0.2) is 97.2 Å². The van der Waals surface area contributed by atoms with Crippen molar-refractivity contribution in [1.82, 2.24) is 10.3 Å². The molecule has 4 saturated carbocycles. The van der Waals surface area contributed by atoms with E-state index in [1.807, 2.05) is 53.5 Å². The third-order valence-electron chi connectivity index (χ3n) is 25.2. The van der Waals surface area contributed by atoms with Crippen molar-refractivity contribution < 1.29 is 44.9 Å². The summed E-state index contributed by atoms with van der Waals surface area (Å²) in [5.41, 5.74) is 9.96. The van der Waals surface area contributed by atoms with Gasteiger partial charge >= 0.3 is 0 Å². The van der Waals surface area contributed by atoms with Gasteiger partial charge in [-0.15, -0.1) is 0 Å². The van der Waals surface area contributed by atoms with Gasteiger partial charge in [-0.2, -0.15) is 0 Å². The Morgan fingerprint density at radius 3 is 2.30 bits per heavy atom. The monoisotopic (exact) mass is 1420 g/mol. The zero-order valence-corrected chi connectivity index (χ0v) is 61.1. The number of aliphatic hydroxyl groups is 3. The minimum atomic E-state index is -1.79. The highest BCUT2D eigenvalue weighted by Crippen LogP contribution is 2.60. The van der Waals surface area contributed by atoms with Gasteiger partial charge < -0.3 is 50.4 Å². The lowest BCUT2D eigenvalue weighted by molar-refractivity contribution is -0.150. The molecular formula is C85H98N2O9S4. The van der Waals surface area contributed by atoms with Gasteiger partial charge in [0.2, 0.25) is 0 Å². The summed E-state index contributed by atoms with van der Waals surface area (Å²) in [6.07, 6.45) is 17.8. The molecule has 0 radical (unpaired) electrons. The van der Waals surface area contributed by atoms with Crippen LogP contribution >= 0.6 is 43.2 Å². The number of nitrogens with one attached hydrogen (secondary N) is 2. The van der Waals surface area contributed by atoms with E-state index in [9.17, 15) is 30.6 Å². The number of benzene rings is 7. The SMILES string of the molecule is CCc1ccc2cccc3c2c1Cc1c(ccc(O)c1OC)C[C@@H](Cc1cc[nH]c1)[C@H](O)[C@@H]1C(=O)[C@@](c2cc(O)cc([C@]45CCC[C@H](Cc6ccccc6Cc6ccccc6)[C@H]4CCCN5)c2)([C@@H]2CSSC[C@H]4CC5(CCCC5)CC[C@@H]4Oc4cc2ccc4O)[C@H](O)C[C@H]1CSS[C@H]3CO. The van der Waals surface area contributed by atoms with E-state index in [4.69, 9.17) is 9.47 Å². The van der Waals surface area contributed by atoms with E-state index >= 15 is 4.79 Å². The van der Waals surface area contributed by atoms with E-state index in [2.05, 4.69) is 108 Å². The van der Waals surface area contributed by atoms with Crippen molar-refractivity contribution in [2.24, 2.45) is 40.9 Å². The average molecular weight is 1420 g/mol. The van der Waals surface area contributed by atoms with Gasteiger partial charge in [0.25, 0.3) is 0 Å². The highest BCUT2D eigenvalue weighted by molar-refractivity contribution is 8.77. The number of aromatic amines is 1. The first-order valence-corrected chi connectivity index (χ1v) is 41.9. The molecule has 8 aromatic rings. The number of fused-ring (bicyclic) bond motifs is 6. The summed E-state index contributed by atoms with van der Waals surface area (Å²) in [7, 11) is 8.32. The van der Waals surface area contributed by atoms with Gasteiger partial charge in [-0.3, -0.25) is 4.79 Å². The summed E-state index contributed by atoms with van der Waals surface area (Å²) in [6, 6.07) is 47.5. The molecule has 13 atom stereocenters. The quantitative estimate of drug-likeness (QED) is 0.0541. The maximum Gasteiger partial charge on any atom is 0.164 e. The summed E-state index contributed by atoms with van der Waals surface area (Å²) < 4.78 is 13.4. The van der Waals surface area contributed by atoms with Crippen LogP contribution in [-0.2, 0) is 54.3 Å². The zero-order valence-electron chi connectivity index (χ0n) is 57.8. The predicted molar refractivity (Wildman–Crippen MR) is 408 cm³/mol. The molecule has 7 aromatic carbocycles. The Kier molecular flexibility index (Phi) is 20.9. The maximum atomic E-state index is 18.2. The number of hydrogen-bond acceptors (Lipinski definition) is 14. The number of piperidine rings is 1. The number of ketones is 1. The molecule has 4 heterocycles. The van der Waals surface area contributed by atoms with Gasteiger partial charge in [-0.05, 0) is 240 Å². The molecule has 100 heavy (non-hydrogen) atoms. The summed E-state index contributed by atoms with van der Waals surface area (Å²) in [6.45, 7) is 2.79. The second kappa shape index (κ2) is 30.0. The molecule has 1 spiro atoms. The molecule has 8 N–H and O–H groups in total. The number of carbonyl (C=O) groups is 1. The van der Waals surface area contributed by atoms with Gasteiger partial charge in [0, 0.05) is 64.9 Å². The lowest BCUT2D eigenvalue weighted by atomic mass is 9.52. The zero-order chi connectivity index (χ0) is 68.7. The number of H-pyrrole nitrogens is 1. The van der Waals surface area contributed by atoms with Crippen LogP contribution in [0, 0.1) is 40.9 Å². The number of aliphatic hydroxyl groups excluding tert-OH is 3. The lowest BCUT2D eigenvalue weighted by Crippen LogP contribution is -2.63. The minimum absolute atomic E-state index is 0.00583. The van der Waals surface area contributed by atoms with Crippen molar-refractivity contribution >= 4 is 59.7 Å². The van der Waals surface area contributed by atoms with Crippen molar-refractivity contribution in [3.63, 3.8) is 0 Å². The second-order valence-electron chi connectivity index (χ2n) is 30.6. The summed E-state index contributed by atoms with van der Waals surface area (Å²) >= 11 is 0. The van der Waals surface area contributed by atoms with Crippen LogP contribution in [0.5, 0.6) is 28.7 Å². The van der Waals surface area contributed by atoms with E-state index in [1.54, 1.807) is 57.7 Å². The number of ether oxygens (including phenoxy) is 2. The van der Waals surface area contributed by atoms with Crippen molar-refractivity contribution in [3.8, 4) is 28.7 Å². The average Bonchev–Trinajstić information content (AvgIpc) is 0.759. The van der Waals surface area contributed by atoms with E-state index in [0.717, 1.165) is 138 Å². The molecule has 5 fully saturated rings. The van der Waals surface area contributed by atoms with Gasteiger partial charge in [0.15, 0.2) is 28.8 Å². The topological polar surface area (TPSA) is 185 Å². The Morgan fingerprint density at radius 1 is 0.690 bits per heavy atom. The minimum Gasteiger partial charge on any atom is -0.508 e. The molecular weight excluding hydrogens is 1320 g/mol. The van der Waals surface area contributed by atoms with Gasteiger partial charge in [-0.1, -0.05) is 172 Å². The van der Waals surface area contributed by atoms with Crippen LogP contribution in [0.4, 0.5) is 0 Å². The Bertz CT molecular complexity index is 4200. The largest absolute Gasteiger partial charge is 0.508 e. The maximum absolute atomic E-state index is 18.2. The molecule has 11 nitrogen and oxygen atoms in total. The fraction of sp³-hybridized carbons (Fsp3) is 0.471. The summed E-state index contributed by atoms with van der Waals surface area (Å²) in [5, 5.41) is 83.0. The van der Waals surface area contributed by atoms with E-state index in [-0.39, 0.29) is 54.0 Å². The van der Waals surface area contributed by atoms with Crippen molar-refractivity contribution in [2.45, 2.75) is 169 Å². The fourth-order valence-electron chi connectivity index (χ4n) is 20.4. The Morgan fingerprint density at radius 2 is 1.49 bits per heavy atom. The Balaban J connectivity index is 0.898. The second-order valence-corrected chi connectivity index (χ2v) is 35.7. The molecule has 526 valence electrons. The van der Waals surface area contributed by atoms with Crippen LogP contribution in [0.2, 0.25) is 0 Å². The number of aromatic nitrogens is 1. The molecule has 3 aliphatic heterocycles. The highest BCUT2D eigenvalue weighted by atomic mass is 33.1. The first kappa shape index (κ1) is 69.7. The normalized spacial score (nSPS) is 29.4. The lowest BCUT2D eigenvalue weighted by Gasteiger charge is -2.54. The number of carbonyl (C=O) groups excluding carboxylic acids is 1. The third-order valence-corrected chi connectivity index (χ3v) is 30.6. The number of phenols is 3. The smallest absolute Gasteiger partial charge is 0.164 e. The molecule has 15 rings (SSSR count). The molecule has 4 aliphatic carbocycles. The van der Waals surface area contributed by atoms with Crippen LogP contribution < -0.4 is 14.8 Å². The number of methoxy groups -OCH3 is 1. The number of Topliss-reactive ketones (excluding diaryl/α,β-unsaturated/α-hetero) is 1. The number of aromatic hydroxyl groups is 3. The van der Waals surface area contributed by atoms with Crippen LogP contribution in [0.15, 0.2) is 152 Å². The molecule has 1 aromatic heterocycles. The highest BCUT2D eigenvalue weighted by Gasteiger charge is 2.62. The number of aryl methyl sites for hydroxylation is 1. The molecule has 15 heteroatoms. The first-order chi connectivity index (χ1) is 48.8. The van der Waals surface area contributed by atoms with Gasteiger partial charge in [-0.25, -0.2) is 0 Å². The summed E-state index contributed by atoms with van der Waals surface area (Å²) in [5.74, 6) is -0.127. The summed E-state index contributed by atoms with van der Waals surface area (Å²) in [4.78, 5) is 21.5. The van der Waals surface area contributed by atoms with Crippen molar-refractivity contribution in [2.75, 3.05) is 37.5 Å². The van der Waals surface area contributed by atoms with Gasteiger partial charge in [0.05, 0.1) is 36.6 Å². The van der Waals surface area contributed by atoms with E-state index < -0.39 is 52.1 Å². The molecule has 7 aliphatic rings. The van der Waals surface area contributed by atoms with Crippen molar-refractivity contribution in [3.05, 3.63) is 219 Å². The first-order valence-electron chi connectivity index (χ1n) is 37.1. The molecule has 0 unspecified atom stereocenters. The molecule has 2 bridgehead atoms. The molecule has 0 amide bonds.